The van der Waals surface area contributed by atoms with Crippen LogP contribution >= 0.6 is 15.9 Å². The first kappa shape index (κ1) is 22.3. The molecule has 1 aromatic heterocycles. The van der Waals surface area contributed by atoms with Gasteiger partial charge in [-0.1, -0.05) is 12.1 Å². The van der Waals surface area contributed by atoms with E-state index in [0.29, 0.717) is 4.57 Å². The van der Waals surface area contributed by atoms with Gasteiger partial charge in [0, 0.05) is 6.61 Å². The summed E-state index contributed by atoms with van der Waals surface area (Å²) in [5.74, 6) is 0. The number of hydrogen-bond acceptors (Lipinski definition) is 3. The Kier molecular flexibility index (Phi) is 6.80. The van der Waals surface area contributed by atoms with Crippen molar-refractivity contribution in [1.29, 1.82) is 5.26 Å². The molecule has 152 valence electrons. The Hall–Kier alpha value is -2.03. The lowest BCUT2D eigenvalue weighted by molar-refractivity contribution is -0.149. The van der Waals surface area contributed by atoms with E-state index in [4.69, 9.17) is 9.47 Å². The Morgan fingerprint density at radius 3 is 2.11 bits per heavy atom. The molecule has 2 aromatic rings. The van der Waals surface area contributed by atoms with E-state index in [1.807, 2.05) is 0 Å². The van der Waals surface area contributed by atoms with Crippen molar-refractivity contribution in [2.75, 3.05) is 13.4 Å². The van der Waals surface area contributed by atoms with Gasteiger partial charge in [0.1, 0.15) is 25.3 Å². The summed E-state index contributed by atoms with van der Waals surface area (Å²) in [6.45, 7) is 1.03. The summed E-state index contributed by atoms with van der Waals surface area (Å²) in [4.78, 5) is 0. The lowest BCUT2D eigenvalue weighted by atomic mass is 10.1. The fraction of sp³-hybridized carbons (Fsp3) is 0.353. The number of aromatic nitrogens is 1. The van der Waals surface area contributed by atoms with Crippen LogP contribution in [0.4, 0.5) is 26.3 Å². The van der Waals surface area contributed by atoms with E-state index in [0.717, 1.165) is 24.3 Å². The van der Waals surface area contributed by atoms with Crippen LogP contribution < -0.4 is 0 Å². The molecule has 0 unspecified atom stereocenters. The predicted octanol–water partition coefficient (Wildman–Crippen LogP) is 5.79. The standard InChI is InChI=1S/C17H13BrF6N2O2/c1-2-27-9-28-8-26-14(10-3-5-11(6-4-10)16(19,20)21)12(7-25)13(18)15(26)17(22,23)24/h3-6H,2,8-9H2,1H3. The molecule has 11 heteroatoms. The van der Waals surface area contributed by atoms with Crippen molar-refractivity contribution in [3.05, 3.63) is 45.6 Å². The number of nitriles is 1. The first-order chi connectivity index (χ1) is 13.0. The molecule has 1 aromatic carbocycles. The highest BCUT2D eigenvalue weighted by Crippen LogP contribution is 2.43. The Bertz CT molecular complexity index is 866. The summed E-state index contributed by atoms with van der Waals surface area (Å²) < 4.78 is 89.1. The fourth-order valence-corrected chi connectivity index (χ4v) is 3.20. The topological polar surface area (TPSA) is 47.2 Å². The third-order valence-corrected chi connectivity index (χ3v) is 4.43. The number of hydrogen-bond donors (Lipinski definition) is 0. The van der Waals surface area contributed by atoms with E-state index >= 15 is 0 Å². The second-order valence-corrected chi connectivity index (χ2v) is 6.24. The second kappa shape index (κ2) is 8.55. The minimum Gasteiger partial charge on any atom is -0.356 e. The van der Waals surface area contributed by atoms with E-state index in [9.17, 15) is 31.6 Å². The van der Waals surface area contributed by atoms with Crippen LogP contribution in [0.3, 0.4) is 0 Å². The molecule has 0 fully saturated rings. The Balaban J connectivity index is 2.62. The van der Waals surface area contributed by atoms with E-state index < -0.39 is 34.8 Å². The van der Waals surface area contributed by atoms with Crippen LogP contribution in [-0.4, -0.2) is 18.0 Å². The van der Waals surface area contributed by atoms with Crippen LogP contribution in [0.5, 0.6) is 0 Å². The molecule has 2 rings (SSSR count). The van der Waals surface area contributed by atoms with Gasteiger partial charge < -0.3 is 14.0 Å². The zero-order chi connectivity index (χ0) is 21.1. The normalized spacial score (nSPS) is 12.2. The van der Waals surface area contributed by atoms with E-state index in [-0.39, 0.29) is 30.2 Å². The molecular formula is C17H13BrF6N2O2. The maximum atomic E-state index is 13.6. The van der Waals surface area contributed by atoms with Crippen molar-refractivity contribution >= 4 is 15.9 Å². The molecule has 0 aliphatic heterocycles. The molecule has 0 bridgehead atoms. The molecule has 0 N–H and O–H groups in total. The predicted molar refractivity (Wildman–Crippen MR) is 89.9 cm³/mol. The fourth-order valence-electron chi connectivity index (χ4n) is 2.48. The minimum absolute atomic E-state index is 0.000704. The van der Waals surface area contributed by atoms with Crippen LogP contribution in [-0.2, 0) is 28.6 Å². The molecule has 4 nitrogen and oxygen atoms in total. The van der Waals surface area contributed by atoms with Gasteiger partial charge in [-0.25, -0.2) is 0 Å². The Labute approximate surface area is 164 Å². The zero-order valence-electron chi connectivity index (χ0n) is 14.3. The smallest absolute Gasteiger partial charge is 0.356 e. The van der Waals surface area contributed by atoms with Gasteiger partial charge in [0.15, 0.2) is 0 Å². The molecule has 0 spiro atoms. The van der Waals surface area contributed by atoms with Crippen LogP contribution in [0.2, 0.25) is 0 Å². The largest absolute Gasteiger partial charge is 0.432 e. The van der Waals surface area contributed by atoms with E-state index in [1.165, 1.54) is 0 Å². The van der Waals surface area contributed by atoms with Crippen molar-refractivity contribution in [3.63, 3.8) is 0 Å². The summed E-state index contributed by atoms with van der Waals surface area (Å²) in [6, 6.07) is 5.14. The summed E-state index contributed by atoms with van der Waals surface area (Å²) in [5, 5.41) is 9.35. The molecular weight excluding hydrogens is 458 g/mol. The van der Waals surface area contributed by atoms with Crippen LogP contribution in [0.1, 0.15) is 23.7 Å². The molecule has 0 saturated heterocycles. The quantitative estimate of drug-likeness (QED) is 0.304. The van der Waals surface area contributed by atoms with Gasteiger partial charge in [0.2, 0.25) is 0 Å². The maximum absolute atomic E-state index is 13.6. The van der Waals surface area contributed by atoms with E-state index in [2.05, 4.69) is 15.9 Å². The average molecular weight is 471 g/mol. The molecule has 0 aliphatic rings. The van der Waals surface area contributed by atoms with Gasteiger partial charge >= 0.3 is 12.4 Å². The number of benzene rings is 1. The van der Waals surface area contributed by atoms with Gasteiger partial charge in [-0.2, -0.15) is 31.6 Å². The molecule has 28 heavy (non-hydrogen) atoms. The third kappa shape index (κ3) is 4.68. The highest BCUT2D eigenvalue weighted by molar-refractivity contribution is 9.10. The Morgan fingerprint density at radius 1 is 1.04 bits per heavy atom. The van der Waals surface area contributed by atoms with Crippen LogP contribution in [0.25, 0.3) is 11.3 Å². The van der Waals surface area contributed by atoms with Crippen LogP contribution in [0.15, 0.2) is 28.7 Å². The highest BCUT2D eigenvalue weighted by atomic mass is 79.9. The van der Waals surface area contributed by atoms with Crippen molar-refractivity contribution in [3.8, 4) is 17.3 Å². The van der Waals surface area contributed by atoms with Crippen molar-refractivity contribution < 1.29 is 35.8 Å². The van der Waals surface area contributed by atoms with Gasteiger partial charge in [-0.15, -0.1) is 0 Å². The zero-order valence-corrected chi connectivity index (χ0v) is 15.9. The molecule has 0 aliphatic carbocycles. The summed E-state index contributed by atoms with van der Waals surface area (Å²) in [6.07, 6.45) is -9.44. The van der Waals surface area contributed by atoms with Crippen molar-refractivity contribution in [2.45, 2.75) is 26.0 Å². The lowest BCUT2D eigenvalue weighted by Gasteiger charge is -2.16. The van der Waals surface area contributed by atoms with Gasteiger partial charge in [0.25, 0.3) is 0 Å². The van der Waals surface area contributed by atoms with Gasteiger partial charge in [0.05, 0.1) is 21.3 Å². The molecule has 0 amide bonds. The first-order valence-electron chi connectivity index (χ1n) is 7.74. The molecule has 0 radical (unpaired) electrons. The average Bonchev–Trinajstić information content (AvgIpc) is 2.89. The molecule has 1 heterocycles. The Morgan fingerprint density at radius 2 is 1.64 bits per heavy atom. The number of ether oxygens (including phenoxy) is 2. The number of nitrogens with zero attached hydrogens (tertiary/aromatic N) is 2. The second-order valence-electron chi connectivity index (χ2n) is 5.44. The van der Waals surface area contributed by atoms with Crippen molar-refractivity contribution in [2.24, 2.45) is 0 Å². The van der Waals surface area contributed by atoms with Gasteiger partial charge in [-0.05, 0) is 40.5 Å². The lowest BCUT2D eigenvalue weighted by Crippen LogP contribution is -2.17. The molecule has 0 atom stereocenters. The summed E-state index contributed by atoms with van der Waals surface area (Å²) in [5.41, 5.74) is -2.73. The molecule has 0 saturated carbocycles. The SMILES string of the molecule is CCOCOCn1c(-c2ccc(C(F)(F)F)cc2)c(C#N)c(Br)c1C(F)(F)F. The first-order valence-corrected chi connectivity index (χ1v) is 8.54. The van der Waals surface area contributed by atoms with Gasteiger partial charge in [-0.3, -0.25) is 0 Å². The highest BCUT2D eigenvalue weighted by Gasteiger charge is 2.41. The monoisotopic (exact) mass is 470 g/mol. The van der Waals surface area contributed by atoms with Crippen molar-refractivity contribution in [1.82, 2.24) is 4.57 Å². The third-order valence-electron chi connectivity index (χ3n) is 3.66. The number of alkyl halides is 6. The summed E-state index contributed by atoms with van der Waals surface area (Å²) in [7, 11) is 0. The number of halogens is 7. The maximum Gasteiger partial charge on any atom is 0.432 e. The van der Waals surface area contributed by atoms with Crippen LogP contribution in [0, 0.1) is 11.3 Å². The van der Waals surface area contributed by atoms with E-state index in [1.54, 1.807) is 13.0 Å². The number of rotatable bonds is 6. The summed E-state index contributed by atoms with van der Waals surface area (Å²) >= 11 is 2.78. The minimum atomic E-state index is -4.84.